The second-order valence-electron chi connectivity index (χ2n) is 4.26. The van der Waals surface area contributed by atoms with E-state index in [0.29, 0.717) is 11.5 Å². The first-order valence-electron chi connectivity index (χ1n) is 6.24. The van der Waals surface area contributed by atoms with Crippen molar-refractivity contribution in [3.05, 3.63) is 23.8 Å². The highest BCUT2D eigenvalue weighted by molar-refractivity contribution is 5.79. The van der Waals surface area contributed by atoms with E-state index in [-0.39, 0.29) is 25.5 Å². The number of methoxy groups -OCH3 is 3. The van der Waals surface area contributed by atoms with E-state index in [4.69, 9.17) is 19.3 Å². The van der Waals surface area contributed by atoms with Crippen molar-refractivity contribution >= 4 is 5.91 Å². The van der Waals surface area contributed by atoms with Gasteiger partial charge in [-0.2, -0.15) is 0 Å². The zero-order valence-corrected chi connectivity index (χ0v) is 12.0. The van der Waals surface area contributed by atoms with Crippen LogP contribution >= 0.6 is 0 Å². The third-order valence-corrected chi connectivity index (χ3v) is 2.80. The Hall–Kier alpha value is -1.79. The summed E-state index contributed by atoms with van der Waals surface area (Å²) in [6.07, 6.45) is 0.160. The number of aliphatic hydroxyl groups excluding tert-OH is 1. The molecule has 0 bridgehead atoms. The second kappa shape index (κ2) is 8.39. The molecule has 0 aliphatic heterocycles. The highest BCUT2D eigenvalue weighted by Crippen LogP contribution is 2.24. The molecule has 1 aromatic carbocycles. The molecule has 2 N–H and O–H groups in total. The van der Waals surface area contributed by atoms with Gasteiger partial charge in [0.1, 0.15) is 11.5 Å². The highest BCUT2D eigenvalue weighted by atomic mass is 16.5. The Bertz CT molecular complexity index is 436. The van der Waals surface area contributed by atoms with Crippen molar-refractivity contribution in [1.82, 2.24) is 5.32 Å². The maximum atomic E-state index is 11.9. The monoisotopic (exact) mass is 283 g/mol. The van der Waals surface area contributed by atoms with Crippen LogP contribution in [0.15, 0.2) is 18.2 Å². The van der Waals surface area contributed by atoms with E-state index in [2.05, 4.69) is 5.32 Å². The largest absolute Gasteiger partial charge is 0.497 e. The van der Waals surface area contributed by atoms with Gasteiger partial charge in [0.15, 0.2) is 0 Å². The van der Waals surface area contributed by atoms with Crippen molar-refractivity contribution in [1.29, 1.82) is 0 Å². The minimum Gasteiger partial charge on any atom is -0.497 e. The summed E-state index contributed by atoms with van der Waals surface area (Å²) in [5, 5.41) is 11.8. The van der Waals surface area contributed by atoms with E-state index in [1.165, 1.54) is 14.2 Å². The van der Waals surface area contributed by atoms with Gasteiger partial charge in [-0.15, -0.1) is 0 Å². The molecule has 20 heavy (non-hydrogen) atoms. The molecule has 0 saturated heterocycles. The molecule has 0 aliphatic carbocycles. The molecule has 0 radical (unpaired) electrons. The molecule has 1 unspecified atom stereocenters. The van der Waals surface area contributed by atoms with Crippen LogP contribution in [0.1, 0.15) is 5.56 Å². The summed E-state index contributed by atoms with van der Waals surface area (Å²) < 4.78 is 15.2. The predicted molar refractivity (Wildman–Crippen MR) is 74.1 cm³/mol. The summed E-state index contributed by atoms with van der Waals surface area (Å²) in [6, 6.07) is 4.86. The maximum Gasteiger partial charge on any atom is 0.224 e. The molecule has 0 aromatic heterocycles. The van der Waals surface area contributed by atoms with Crippen LogP contribution in [-0.4, -0.2) is 51.6 Å². The lowest BCUT2D eigenvalue weighted by atomic mass is 10.1. The van der Waals surface area contributed by atoms with Gasteiger partial charge in [0, 0.05) is 18.7 Å². The van der Waals surface area contributed by atoms with Crippen LogP contribution in [0.4, 0.5) is 0 Å². The van der Waals surface area contributed by atoms with Crippen molar-refractivity contribution in [3.63, 3.8) is 0 Å². The van der Waals surface area contributed by atoms with Gasteiger partial charge in [0.25, 0.3) is 0 Å². The lowest BCUT2D eigenvalue weighted by Gasteiger charge is -2.16. The average molecular weight is 283 g/mol. The van der Waals surface area contributed by atoms with Crippen LogP contribution in [0.3, 0.4) is 0 Å². The molecule has 0 aliphatic rings. The Kier molecular flexibility index (Phi) is 6.83. The van der Waals surface area contributed by atoms with E-state index in [9.17, 15) is 4.79 Å². The summed E-state index contributed by atoms with van der Waals surface area (Å²) in [7, 11) is 4.62. The van der Waals surface area contributed by atoms with Gasteiger partial charge >= 0.3 is 0 Å². The molecule has 6 heteroatoms. The smallest absolute Gasteiger partial charge is 0.224 e. The minimum atomic E-state index is -0.406. The first kappa shape index (κ1) is 16.3. The van der Waals surface area contributed by atoms with Crippen LogP contribution in [0, 0.1) is 0 Å². The second-order valence-corrected chi connectivity index (χ2v) is 4.26. The molecule has 1 rings (SSSR count). The molecule has 0 saturated carbocycles. The van der Waals surface area contributed by atoms with E-state index < -0.39 is 6.04 Å². The lowest BCUT2D eigenvalue weighted by Crippen LogP contribution is -2.41. The number of carbonyl (C=O) groups excluding carboxylic acids is 1. The Morgan fingerprint density at radius 1 is 1.30 bits per heavy atom. The molecule has 1 amide bonds. The molecule has 0 spiro atoms. The number of nitrogens with one attached hydrogen (secondary N) is 1. The fourth-order valence-corrected chi connectivity index (χ4v) is 1.79. The van der Waals surface area contributed by atoms with E-state index in [0.717, 1.165) is 5.56 Å². The van der Waals surface area contributed by atoms with Gasteiger partial charge < -0.3 is 24.6 Å². The fraction of sp³-hybridized carbons (Fsp3) is 0.500. The summed E-state index contributed by atoms with van der Waals surface area (Å²) >= 11 is 0. The molecule has 1 aromatic rings. The molecule has 0 fully saturated rings. The molecule has 1 atom stereocenters. The topological polar surface area (TPSA) is 77.0 Å². The van der Waals surface area contributed by atoms with E-state index >= 15 is 0 Å². The van der Waals surface area contributed by atoms with Crippen molar-refractivity contribution in [2.24, 2.45) is 0 Å². The Morgan fingerprint density at radius 2 is 2.05 bits per heavy atom. The van der Waals surface area contributed by atoms with Gasteiger partial charge in [-0.3, -0.25) is 4.79 Å². The molecule has 6 nitrogen and oxygen atoms in total. The average Bonchev–Trinajstić information content (AvgIpc) is 2.47. The van der Waals surface area contributed by atoms with Crippen LogP contribution in [0.5, 0.6) is 11.5 Å². The number of hydrogen-bond acceptors (Lipinski definition) is 5. The first-order chi connectivity index (χ1) is 9.64. The Labute approximate surface area is 118 Å². The summed E-state index contributed by atoms with van der Waals surface area (Å²) in [4.78, 5) is 11.9. The van der Waals surface area contributed by atoms with Crippen molar-refractivity contribution in [2.45, 2.75) is 12.5 Å². The zero-order chi connectivity index (χ0) is 15.0. The van der Waals surface area contributed by atoms with Gasteiger partial charge in [-0.1, -0.05) is 6.07 Å². The number of aliphatic hydroxyl groups is 1. The quantitative estimate of drug-likeness (QED) is 0.721. The van der Waals surface area contributed by atoms with Crippen molar-refractivity contribution in [2.75, 3.05) is 34.5 Å². The van der Waals surface area contributed by atoms with Crippen LogP contribution in [0.25, 0.3) is 0 Å². The van der Waals surface area contributed by atoms with Gasteiger partial charge in [-0.05, 0) is 6.07 Å². The maximum absolute atomic E-state index is 11.9. The Morgan fingerprint density at radius 3 is 2.60 bits per heavy atom. The number of ether oxygens (including phenoxy) is 3. The van der Waals surface area contributed by atoms with Gasteiger partial charge in [-0.25, -0.2) is 0 Å². The predicted octanol–water partition coefficient (Wildman–Crippen LogP) is 0.370. The van der Waals surface area contributed by atoms with E-state index in [1.807, 2.05) is 0 Å². The number of rotatable bonds is 8. The normalized spacial score (nSPS) is 11.8. The van der Waals surface area contributed by atoms with Gasteiger partial charge in [0.05, 0.1) is 39.9 Å². The lowest BCUT2D eigenvalue weighted by molar-refractivity contribution is -0.121. The number of hydrogen-bond donors (Lipinski definition) is 2. The third kappa shape index (κ3) is 4.71. The summed E-state index contributed by atoms with van der Waals surface area (Å²) in [5.74, 6) is 1.05. The molecule has 112 valence electrons. The fourth-order valence-electron chi connectivity index (χ4n) is 1.79. The molecule has 0 heterocycles. The van der Waals surface area contributed by atoms with Crippen molar-refractivity contribution < 1.29 is 24.1 Å². The number of benzene rings is 1. The van der Waals surface area contributed by atoms with Crippen LogP contribution in [-0.2, 0) is 16.0 Å². The Balaban J connectivity index is 2.69. The molecular weight excluding hydrogens is 262 g/mol. The van der Waals surface area contributed by atoms with Gasteiger partial charge in [0.2, 0.25) is 5.91 Å². The van der Waals surface area contributed by atoms with Crippen LogP contribution in [0.2, 0.25) is 0 Å². The molecular formula is C14H21NO5. The SMILES string of the molecule is COCC(CO)NC(=O)Cc1ccc(OC)cc1OC. The number of carbonyl (C=O) groups is 1. The third-order valence-electron chi connectivity index (χ3n) is 2.80. The van der Waals surface area contributed by atoms with E-state index in [1.54, 1.807) is 25.3 Å². The number of amides is 1. The van der Waals surface area contributed by atoms with Crippen LogP contribution < -0.4 is 14.8 Å². The summed E-state index contributed by atoms with van der Waals surface area (Å²) in [5.41, 5.74) is 0.750. The standard InChI is InChI=1S/C14H21NO5/c1-18-9-11(8-16)15-14(17)6-10-4-5-12(19-2)7-13(10)20-3/h4-5,7,11,16H,6,8-9H2,1-3H3,(H,15,17). The highest BCUT2D eigenvalue weighted by Gasteiger charge is 2.14. The minimum absolute atomic E-state index is 0.160. The summed E-state index contributed by atoms with van der Waals surface area (Å²) in [6.45, 7) is 0.0985. The first-order valence-corrected chi connectivity index (χ1v) is 6.24. The van der Waals surface area contributed by atoms with Crippen molar-refractivity contribution in [3.8, 4) is 11.5 Å². The zero-order valence-electron chi connectivity index (χ0n) is 12.0.